The van der Waals surface area contributed by atoms with Crippen molar-refractivity contribution in [3.8, 4) is 0 Å². The fraction of sp³-hybridized carbons (Fsp3) is 0.176. The third kappa shape index (κ3) is 4.79. The molecule has 2 N–H and O–H groups in total. The molecule has 4 nitrogen and oxygen atoms in total. The molecule has 0 saturated heterocycles. The van der Waals surface area contributed by atoms with Crippen molar-refractivity contribution >= 4 is 11.8 Å². The molecule has 0 aliphatic rings. The molecule has 0 aliphatic carbocycles. The van der Waals surface area contributed by atoms with E-state index in [1.807, 2.05) is 0 Å². The van der Waals surface area contributed by atoms with E-state index < -0.39 is 53.2 Å². The lowest BCUT2D eigenvalue weighted by molar-refractivity contribution is -0.120. The van der Waals surface area contributed by atoms with Gasteiger partial charge in [0.05, 0.1) is 18.2 Å². The molecule has 1 atom stereocenters. The number of halogens is 4. The van der Waals surface area contributed by atoms with Gasteiger partial charge in [0, 0.05) is 17.7 Å². The lowest BCUT2D eigenvalue weighted by Crippen LogP contribution is -2.38. The molecule has 0 fully saturated rings. The molecular formula is C17H14F4N2O2. The molecule has 2 rings (SSSR count). The van der Waals surface area contributed by atoms with E-state index in [0.29, 0.717) is 12.1 Å². The maximum absolute atomic E-state index is 13.6. The van der Waals surface area contributed by atoms with Crippen molar-refractivity contribution in [3.63, 3.8) is 0 Å². The number of carbonyl (C=O) groups is 2. The first-order valence-corrected chi connectivity index (χ1v) is 7.25. The highest BCUT2D eigenvalue weighted by Crippen LogP contribution is 2.17. The van der Waals surface area contributed by atoms with Crippen LogP contribution in [-0.4, -0.2) is 18.4 Å². The van der Waals surface area contributed by atoms with Gasteiger partial charge < -0.3 is 10.6 Å². The van der Waals surface area contributed by atoms with Crippen LogP contribution in [0.2, 0.25) is 0 Å². The topological polar surface area (TPSA) is 58.2 Å². The van der Waals surface area contributed by atoms with Gasteiger partial charge in [0.1, 0.15) is 23.3 Å². The number of hydrogen-bond donors (Lipinski definition) is 2. The quantitative estimate of drug-likeness (QED) is 0.812. The van der Waals surface area contributed by atoms with E-state index in [9.17, 15) is 27.2 Å². The Bertz CT molecular complexity index is 811. The second-order valence-corrected chi connectivity index (χ2v) is 5.26. The summed E-state index contributed by atoms with van der Waals surface area (Å²) in [4.78, 5) is 23.6. The van der Waals surface area contributed by atoms with E-state index in [0.717, 1.165) is 18.2 Å². The highest BCUT2D eigenvalue weighted by atomic mass is 19.1. The van der Waals surface area contributed by atoms with Crippen LogP contribution in [0.1, 0.15) is 28.9 Å². The molecule has 0 bridgehead atoms. The van der Waals surface area contributed by atoms with Gasteiger partial charge in [0.2, 0.25) is 5.91 Å². The maximum atomic E-state index is 13.6. The molecule has 0 radical (unpaired) electrons. The number of benzene rings is 2. The Morgan fingerprint density at radius 1 is 0.960 bits per heavy atom. The summed E-state index contributed by atoms with van der Waals surface area (Å²) >= 11 is 0. The Labute approximate surface area is 140 Å². The summed E-state index contributed by atoms with van der Waals surface area (Å²) in [5.74, 6) is -5.00. The van der Waals surface area contributed by atoms with Crippen molar-refractivity contribution in [1.82, 2.24) is 10.6 Å². The molecule has 2 amide bonds. The van der Waals surface area contributed by atoms with Gasteiger partial charge in [-0.3, -0.25) is 9.59 Å². The van der Waals surface area contributed by atoms with Crippen LogP contribution in [0.4, 0.5) is 17.6 Å². The predicted molar refractivity (Wildman–Crippen MR) is 81.6 cm³/mol. The fourth-order valence-electron chi connectivity index (χ4n) is 2.15. The molecule has 0 saturated carbocycles. The first-order valence-electron chi connectivity index (χ1n) is 7.25. The minimum atomic E-state index is -1.06. The average Bonchev–Trinajstić information content (AvgIpc) is 2.52. The number of amides is 2. The maximum Gasteiger partial charge on any atom is 0.254 e. The molecule has 0 unspecified atom stereocenters. The minimum absolute atomic E-state index is 0.0747. The van der Waals surface area contributed by atoms with Crippen molar-refractivity contribution in [1.29, 1.82) is 0 Å². The van der Waals surface area contributed by atoms with Gasteiger partial charge >= 0.3 is 0 Å². The molecule has 2 aromatic rings. The van der Waals surface area contributed by atoms with Crippen LogP contribution in [0.3, 0.4) is 0 Å². The zero-order valence-corrected chi connectivity index (χ0v) is 13.1. The number of hydrogen-bond acceptors (Lipinski definition) is 2. The van der Waals surface area contributed by atoms with E-state index in [1.165, 1.54) is 13.0 Å². The second kappa shape index (κ2) is 7.78. The van der Waals surface area contributed by atoms with E-state index in [4.69, 9.17) is 0 Å². The van der Waals surface area contributed by atoms with Crippen LogP contribution in [0.25, 0.3) is 0 Å². The van der Waals surface area contributed by atoms with Gasteiger partial charge in [-0.1, -0.05) is 6.07 Å². The first-order chi connectivity index (χ1) is 11.8. The summed E-state index contributed by atoms with van der Waals surface area (Å²) in [6, 6.07) is 4.59. The minimum Gasteiger partial charge on any atom is -0.348 e. The molecule has 2 aromatic carbocycles. The van der Waals surface area contributed by atoms with Crippen LogP contribution in [0.5, 0.6) is 0 Å². The lowest BCUT2D eigenvalue weighted by Gasteiger charge is -2.15. The molecule has 0 aliphatic heterocycles. The van der Waals surface area contributed by atoms with Gasteiger partial charge in [-0.15, -0.1) is 0 Å². The Morgan fingerprint density at radius 2 is 1.56 bits per heavy atom. The summed E-state index contributed by atoms with van der Waals surface area (Å²) in [6.07, 6.45) is 0. The van der Waals surface area contributed by atoms with Gasteiger partial charge in [-0.25, -0.2) is 17.6 Å². The monoisotopic (exact) mass is 354 g/mol. The zero-order chi connectivity index (χ0) is 18.6. The van der Waals surface area contributed by atoms with Crippen molar-refractivity contribution in [2.75, 3.05) is 6.54 Å². The van der Waals surface area contributed by atoms with Crippen LogP contribution in [0.15, 0.2) is 36.4 Å². The van der Waals surface area contributed by atoms with E-state index in [-0.39, 0.29) is 5.56 Å². The third-order valence-corrected chi connectivity index (χ3v) is 3.39. The van der Waals surface area contributed by atoms with Gasteiger partial charge in [0.25, 0.3) is 5.91 Å². The normalized spacial score (nSPS) is 11.7. The van der Waals surface area contributed by atoms with Crippen molar-refractivity contribution < 1.29 is 27.2 Å². The zero-order valence-electron chi connectivity index (χ0n) is 13.1. The van der Waals surface area contributed by atoms with Crippen LogP contribution in [0, 0.1) is 23.3 Å². The standard InChI is InChI=1S/C17H14F4N2O2/c1-9(12-4-2-10(18)6-14(12)20)23-16(24)8-22-17(25)13-5-3-11(19)7-15(13)21/h2-7,9H,8H2,1H3,(H,22,25)(H,23,24)/t9-/m1/s1. The first kappa shape index (κ1) is 18.4. The SMILES string of the molecule is C[C@@H](NC(=O)CNC(=O)c1ccc(F)cc1F)c1ccc(F)cc1F. The number of rotatable bonds is 5. The highest BCUT2D eigenvalue weighted by Gasteiger charge is 2.16. The van der Waals surface area contributed by atoms with Crippen molar-refractivity contribution in [3.05, 3.63) is 70.8 Å². The number of carbonyl (C=O) groups excluding carboxylic acids is 2. The summed E-state index contributed by atoms with van der Waals surface area (Å²) in [6.45, 7) is 0.985. The van der Waals surface area contributed by atoms with Crippen molar-refractivity contribution in [2.24, 2.45) is 0 Å². The third-order valence-electron chi connectivity index (χ3n) is 3.39. The van der Waals surface area contributed by atoms with Crippen molar-refractivity contribution in [2.45, 2.75) is 13.0 Å². The molecular weight excluding hydrogens is 340 g/mol. The summed E-state index contributed by atoms with van der Waals surface area (Å²) in [7, 11) is 0. The highest BCUT2D eigenvalue weighted by molar-refractivity contribution is 5.96. The lowest BCUT2D eigenvalue weighted by atomic mass is 10.1. The smallest absolute Gasteiger partial charge is 0.254 e. The average molecular weight is 354 g/mol. The second-order valence-electron chi connectivity index (χ2n) is 5.26. The van der Waals surface area contributed by atoms with Gasteiger partial charge in [0.15, 0.2) is 0 Å². The summed E-state index contributed by atoms with van der Waals surface area (Å²) in [5, 5.41) is 4.59. The Hall–Kier alpha value is -2.90. The molecule has 0 spiro atoms. The van der Waals surface area contributed by atoms with E-state index >= 15 is 0 Å². The molecule has 132 valence electrons. The molecule has 8 heteroatoms. The Balaban J connectivity index is 1.92. The van der Waals surface area contributed by atoms with E-state index in [1.54, 1.807) is 0 Å². The van der Waals surface area contributed by atoms with Gasteiger partial charge in [-0.2, -0.15) is 0 Å². The Kier molecular flexibility index (Phi) is 5.74. The fourth-order valence-corrected chi connectivity index (χ4v) is 2.15. The van der Waals surface area contributed by atoms with Crippen LogP contribution in [-0.2, 0) is 4.79 Å². The molecule has 0 aromatic heterocycles. The summed E-state index contributed by atoms with van der Waals surface area (Å²) in [5.41, 5.74) is -0.336. The number of nitrogens with one attached hydrogen (secondary N) is 2. The summed E-state index contributed by atoms with van der Waals surface area (Å²) < 4.78 is 52.8. The Morgan fingerprint density at radius 3 is 2.16 bits per heavy atom. The molecule has 25 heavy (non-hydrogen) atoms. The largest absolute Gasteiger partial charge is 0.348 e. The molecule has 0 heterocycles. The van der Waals surface area contributed by atoms with Crippen LogP contribution >= 0.6 is 0 Å². The van der Waals surface area contributed by atoms with E-state index in [2.05, 4.69) is 10.6 Å². The predicted octanol–water partition coefficient (Wildman–Crippen LogP) is 2.85. The van der Waals surface area contributed by atoms with Crippen LogP contribution < -0.4 is 10.6 Å². The van der Waals surface area contributed by atoms with Gasteiger partial charge in [-0.05, 0) is 25.1 Å².